The van der Waals surface area contributed by atoms with E-state index in [1.54, 1.807) is 13.8 Å². The zero-order chi connectivity index (χ0) is 19.4. The molecule has 0 aliphatic heterocycles. The third kappa shape index (κ3) is 3.87. The molecule has 1 aliphatic rings. The largest absolute Gasteiger partial charge is 0.441 e. The summed E-state index contributed by atoms with van der Waals surface area (Å²) in [5, 5.41) is 3.61. The SMILES string of the molecule is CC#CC1(OC(=O)c2c(F)c(F)nn2[C@H](C)c2ccccc2)CCCCC1. The molecule has 6 heteroatoms. The van der Waals surface area contributed by atoms with Gasteiger partial charge in [0.15, 0.2) is 11.3 Å². The van der Waals surface area contributed by atoms with Crippen LogP contribution >= 0.6 is 0 Å². The number of hydrogen-bond donors (Lipinski definition) is 0. The smallest absolute Gasteiger partial charge is 0.361 e. The number of rotatable bonds is 4. The molecule has 4 nitrogen and oxygen atoms in total. The number of ether oxygens (including phenoxy) is 1. The number of nitrogens with zero attached hydrogens (tertiary/aromatic N) is 2. The van der Waals surface area contributed by atoms with E-state index in [-0.39, 0.29) is 0 Å². The van der Waals surface area contributed by atoms with Crippen LogP contribution in [0.3, 0.4) is 0 Å². The Morgan fingerprint density at radius 2 is 1.89 bits per heavy atom. The predicted molar refractivity (Wildman–Crippen MR) is 97.1 cm³/mol. The third-order valence-electron chi connectivity index (χ3n) is 4.96. The van der Waals surface area contributed by atoms with E-state index in [2.05, 4.69) is 16.9 Å². The molecule has 0 radical (unpaired) electrons. The fourth-order valence-corrected chi connectivity index (χ4v) is 3.55. The van der Waals surface area contributed by atoms with Crippen LogP contribution < -0.4 is 0 Å². The first-order chi connectivity index (χ1) is 13.0. The van der Waals surface area contributed by atoms with Crippen molar-refractivity contribution in [2.75, 3.05) is 0 Å². The summed E-state index contributed by atoms with van der Waals surface area (Å²) >= 11 is 0. The topological polar surface area (TPSA) is 44.1 Å². The Hall–Kier alpha value is -2.68. The number of hydrogen-bond acceptors (Lipinski definition) is 3. The molecule has 1 atom stereocenters. The molecular weight excluding hydrogens is 350 g/mol. The molecule has 1 fully saturated rings. The average molecular weight is 372 g/mol. The summed E-state index contributed by atoms with van der Waals surface area (Å²) < 4.78 is 35.0. The second-order valence-corrected chi connectivity index (χ2v) is 6.80. The van der Waals surface area contributed by atoms with Crippen LogP contribution in [0.15, 0.2) is 30.3 Å². The maximum Gasteiger partial charge on any atom is 0.361 e. The molecule has 0 amide bonds. The highest BCUT2D eigenvalue weighted by Crippen LogP contribution is 2.33. The van der Waals surface area contributed by atoms with E-state index in [0.717, 1.165) is 29.5 Å². The van der Waals surface area contributed by atoms with Crippen LogP contribution in [-0.4, -0.2) is 21.4 Å². The minimum Gasteiger partial charge on any atom is -0.441 e. The van der Waals surface area contributed by atoms with Crippen LogP contribution in [0.2, 0.25) is 0 Å². The molecule has 1 heterocycles. The first-order valence-electron chi connectivity index (χ1n) is 9.13. The van der Waals surface area contributed by atoms with E-state index < -0.39 is 35.1 Å². The maximum absolute atomic E-state index is 14.4. The minimum absolute atomic E-state index is 0.508. The Morgan fingerprint density at radius 3 is 2.52 bits per heavy atom. The lowest BCUT2D eigenvalue weighted by molar-refractivity contribution is -0.00850. The summed E-state index contributed by atoms with van der Waals surface area (Å²) in [5.74, 6) is 2.22. The van der Waals surface area contributed by atoms with Gasteiger partial charge in [0.2, 0.25) is 5.82 Å². The molecule has 27 heavy (non-hydrogen) atoms. The van der Waals surface area contributed by atoms with Crippen molar-refractivity contribution >= 4 is 5.97 Å². The zero-order valence-corrected chi connectivity index (χ0v) is 15.5. The van der Waals surface area contributed by atoms with Gasteiger partial charge in [-0.3, -0.25) is 0 Å². The minimum atomic E-state index is -1.32. The van der Waals surface area contributed by atoms with Crippen molar-refractivity contribution in [3.63, 3.8) is 0 Å². The molecule has 1 aromatic heterocycles. The van der Waals surface area contributed by atoms with Gasteiger partial charge in [0.25, 0.3) is 5.95 Å². The number of benzene rings is 1. The lowest BCUT2D eigenvalue weighted by Crippen LogP contribution is -2.37. The zero-order valence-electron chi connectivity index (χ0n) is 15.5. The van der Waals surface area contributed by atoms with Crippen LogP contribution in [0.4, 0.5) is 8.78 Å². The Balaban J connectivity index is 1.95. The quantitative estimate of drug-likeness (QED) is 0.579. The van der Waals surface area contributed by atoms with E-state index >= 15 is 0 Å². The van der Waals surface area contributed by atoms with Crippen molar-refractivity contribution < 1.29 is 18.3 Å². The highest BCUT2D eigenvalue weighted by atomic mass is 19.2. The number of carbonyl (C=O) groups excluding carboxylic acids is 1. The van der Waals surface area contributed by atoms with Crippen LogP contribution in [0.1, 0.15) is 68.0 Å². The molecule has 1 aromatic carbocycles. The van der Waals surface area contributed by atoms with Gasteiger partial charge in [0, 0.05) is 0 Å². The number of halogens is 2. The van der Waals surface area contributed by atoms with Gasteiger partial charge in [0.05, 0.1) is 6.04 Å². The lowest BCUT2D eigenvalue weighted by Gasteiger charge is -2.32. The van der Waals surface area contributed by atoms with Gasteiger partial charge in [-0.2, -0.15) is 8.78 Å². The highest BCUT2D eigenvalue weighted by Gasteiger charge is 2.37. The third-order valence-corrected chi connectivity index (χ3v) is 4.96. The highest BCUT2D eigenvalue weighted by molar-refractivity contribution is 5.88. The van der Waals surface area contributed by atoms with Crippen molar-refractivity contribution in [3.05, 3.63) is 53.4 Å². The first-order valence-corrected chi connectivity index (χ1v) is 9.13. The summed E-state index contributed by atoms with van der Waals surface area (Å²) in [6.45, 7) is 3.40. The fraction of sp³-hybridized carbons (Fsp3) is 0.429. The Kier molecular flexibility index (Phi) is 5.59. The van der Waals surface area contributed by atoms with Gasteiger partial charge >= 0.3 is 5.97 Å². The number of aromatic nitrogens is 2. The summed E-state index contributed by atoms with van der Waals surface area (Å²) in [5.41, 5.74) is -0.681. The molecule has 1 aliphatic carbocycles. The molecular formula is C21H22F2N2O2. The first kappa shape index (κ1) is 19.1. The van der Waals surface area contributed by atoms with Gasteiger partial charge in [-0.15, -0.1) is 11.0 Å². The summed E-state index contributed by atoms with van der Waals surface area (Å²) in [7, 11) is 0. The number of carbonyl (C=O) groups is 1. The van der Waals surface area contributed by atoms with E-state index in [0.29, 0.717) is 12.8 Å². The Morgan fingerprint density at radius 1 is 1.22 bits per heavy atom. The Bertz CT molecular complexity index is 875. The summed E-state index contributed by atoms with van der Waals surface area (Å²) in [6.07, 6.45) is 3.96. The van der Waals surface area contributed by atoms with E-state index in [4.69, 9.17) is 4.74 Å². The molecule has 2 aromatic rings. The standard InChI is InChI=1S/C21H22F2N2O2/c1-3-12-21(13-8-5-9-14-21)27-20(26)18-17(22)19(23)24-25(18)15(2)16-10-6-4-7-11-16/h4,6-7,10-11,15H,5,8-9,13-14H2,1-2H3/t15-/m1/s1. The van der Waals surface area contributed by atoms with Crippen LogP contribution in [0.25, 0.3) is 0 Å². The van der Waals surface area contributed by atoms with E-state index in [1.807, 2.05) is 30.3 Å². The molecule has 0 spiro atoms. The van der Waals surface area contributed by atoms with Crippen molar-refractivity contribution in [1.82, 2.24) is 9.78 Å². The summed E-state index contributed by atoms with van der Waals surface area (Å²) in [6, 6.07) is 8.55. The maximum atomic E-state index is 14.4. The van der Waals surface area contributed by atoms with Gasteiger partial charge in [0.1, 0.15) is 0 Å². The molecule has 142 valence electrons. The second-order valence-electron chi connectivity index (χ2n) is 6.80. The monoisotopic (exact) mass is 372 g/mol. The van der Waals surface area contributed by atoms with E-state index in [1.165, 1.54) is 0 Å². The summed E-state index contributed by atoms with van der Waals surface area (Å²) in [4.78, 5) is 12.8. The lowest BCUT2D eigenvalue weighted by atomic mass is 9.85. The molecule has 0 saturated heterocycles. The van der Waals surface area contributed by atoms with Gasteiger partial charge < -0.3 is 4.74 Å². The molecule has 0 bridgehead atoms. The van der Waals surface area contributed by atoms with Gasteiger partial charge in [-0.25, -0.2) is 9.48 Å². The normalized spacial score (nSPS) is 16.9. The number of esters is 1. The second kappa shape index (κ2) is 7.91. The van der Waals surface area contributed by atoms with Gasteiger partial charge in [-0.05, 0) is 45.1 Å². The molecule has 3 rings (SSSR count). The van der Waals surface area contributed by atoms with Crippen molar-refractivity contribution in [2.45, 2.75) is 57.6 Å². The van der Waals surface area contributed by atoms with E-state index in [9.17, 15) is 13.6 Å². The van der Waals surface area contributed by atoms with Gasteiger partial charge in [-0.1, -0.05) is 42.7 Å². The van der Waals surface area contributed by atoms with Crippen LogP contribution in [-0.2, 0) is 4.74 Å². The fourth-order valence-electron chi connectivity index (χ4n) is 3.55. The van der Waals surface area contributed by atoms with Crippen LogP contribution in [0.5, 0.6) is 0 Å². The molecule has 1 saturated carbocycles. The predicted octanol–water partition coefficient (Wildman–Crippen LogP) is 4.65. The van der Waals surface area contributed by atoms with Crippen molar-refractivity contribution in [1.29, 1.82) is 0 Å². The molecule has 0 N–H and O–H groups in total. The average Bonchev–Trinajstić information content (AvgIpc) is 2.97. The van der Waals surface area contributed by atoms with Crippen molar-refractivity contribution in [3.8, 4) is 11.8 Å². The van der Waals surface area contributed by atoms with Crippen molar-refractivity contribution in [2.24, 2.45) is 0 Å². The molecule has 0 unspecified atom stereocenters. The Labute approximate surface area is 157 Å². The van der Waals surface area contributed by atoms with Crippen LogP contribution in [0, 0.1) is 23.6 Å².